The number of allylic oxidation sites excluding steroid dienone is 1. The van der Waals surface area contributed by atoms with Gasteiger partial charge in [0.1, 0.15) is 19.6 Å². The standard InChI is InChI=1S/C24H32O2Si/c1-7-27(8-2,21-14-10-12-17-11-9-13-19(17)21)22-16-18(26-6)15-20(23(22)25)24(3,4)5/h9-10,12-16,25H,7-8,11H2,1-6H3. The van der Waals surface area contributed by atoms with E-state index in [-0.39, 0.29) is 5.41 Å². The van der Waals surface area contributed by atoms with E-state index in [0.29, 0.717) is 5.75 Å². The molecule has 0 amide bonds. The highest BCUT2D eigenvalue weighted by Gasteiger charge is 2.40. The predicted molar refractivity (Wildman–Crippen MR) is 119 cm³/mol. The molecule has 2 aromatic carbocycles. The summed E-state index contributed by atoms with van der Waals surface area (Å²) in [6.07, 6.45) is 5.54. The van der Waals surface area contributed by atoms with Crippen LogP contribution in [0.5, 0.6) is 11.5 Å². The van der Waals surface area contributed by atoms with Crippen LogP contribution in [-0.2, 0) is 11.8 Å². The van der Waals surface area contributed by atoms with Gasteiger partial charge in [0.25, 0.3) is 0 Å². The van der Waals surface area contributed by atoms with Crippen molar-refractivity contribution in [3.8, 4) is 11.5 Å². The molecule has 3 heteroatoms. The first-order valence-corrected chi connectivity index (χ1v) is 12.4. The van der Waals surface area contributed by atoms with Crippen LogP contribution < -0.4 is 15.1 Å². The Kier molecular flexibility index (Phi) is 5.26. The van der Waals surface area contributed by atoms with E-state index in [1.165, 1.54) is 16.3 Å². The number of phenols is 1. The van der Waals surface area contributed by atoms with Gasteiger partial charge in [-0.05, 0) is 45.5 Å². The molecule has 0 aromatic heterocycles. The van der Waals surface area contributed by atoms with Crippen molar-refractivity contribution in [2.45, 2.75) is 58.5 Å². The van der Waals surface area contributed by atoms with E-state index in [9.17, 15) is 5.11 Å². The number of benzene rings is 2. The summed E-state index contributed by atoms with van der Waals surface area (Å²) >= 11 is 0. The molecular weight excluding hydrogens is 348 g/mol. The summed E-state index contributed by atoms with van der Waals surface area (Å²) in [4.78, 5) is 0. The smallest absolute Gasteiger partial charge is 0.123 e. The molecule has 144 valence electrons. The average Bonchev–Trinajstić information content (AvgIpc) is 3.12. The van der Waals surface area contributed by atoms with Crippen molar-refractivity contribution < 1.29 is 9.84 Å². The molecule has 27 heavy (non-hydrogen) atoms. The van der Waals surface area contributed by atoms with E-state index in [1.54, 1.807) is 7.11 Å². The Bertz CT molecular complexity index is 871. The molecule has 1 N–H and O–H groups in total. The monoisotopic (exact) mass is 380 g/mol. The molecule has 0 saturated carbocycles. The number of hydrogen-bond acceptors (Lipinski definition) is 2. The highest BCUT2D eigenvalue weighted by molar-refractivity contribution is 7.03. The summed E-state index contributed by atoms with van der Waals surface area (Å²) in [5, 5.41) is 14.0. The molecule has 1 aliphatic rings. The van der Waals surface area contributed by atoms with Crippen molar-refractivity contribution in [3.05, 3.63) is 53.1 Å². The molecule has 0 saturated heterocycles. The lowest BCUT2D eigenvalue weighted by molar-refractivity contribution is 0.407. The topological polar surface area (TPSA) is 29.5 Å². The number of fused-ring (bicyclic) bond motifs is 1. The second-order valence-corrected chi connectivity index (χ2v) is 13.3. The van der Waals surface area contributed by atoms with E-state index in [0.717, 1.165) is 35.0 Å². The minimum Gasteiger partial charge on any atom is -0.508 e. The maximum atomic E-state index is 11.4. The van der Waals surface area contributed by atoms with Gasteiger partial charge in [0.15, 0.2) is 0 Å². The van der Waals surface area contributed by atoms with Gasteiger partial charge in [-0.2, -0.15) is 0 Å². The van der Waals surface area contributed by atoms with Gasteiger partial charge in [0.2, 0.25) is 0 Å². The molecule has 0 bridgehead atoms. The fourth-order valence-corrected chi connectivity index (χ4v) is 9.02. The summed E-state index contributed by atoms with van der Waals surface area (Å²) in [6.45, 7) is 11.0. The van der Waals surface area contributed by atoms with Gasteiger partial charge >= 0.3 is 0 Å². The lowest BCUT2D eigenvalue weighted by atomic mass is 9.86. The Morgan fingerprint density at radius 2 is 1.78 bits per heavy atom. The lowest BCUT2D eigenvalue weighted by Gasteiger charge is -2.35. The predicted octanol–water partition coefficient (Wildman–Crippen LogP) is 4.87. The van der Waals surface area contributed by atoms with Crippen LogP contribution >= 0.6 is 0 Å². The van der Waals surface area contributed by atoms with Crippen LogP contribution in [0.4, 0.5) is 0 Å². The fraction of sp³-hybridized carbons (Fsp3) is 0.417. The molecule has 2 aromatic rings. The summed E-state index contributed by atoms with van der Waals surface area (Å²) in [6, 6.07) is 12.9. The Morgan fingerprint density at radius 3 is 2.37 bits per heavy atom. The summed E-state index contributed by atoms with van der Waals surface area (Å²) in [5.41, 5.74) is 3.61. The summed E-state index contributed by atoms with van der Waals surface area (Å²) in [5.74, 6) is 1.31. The first-order valence-electron chi connectivity index (χ1n) is 9.99. The van der Waals surface area contributed by atoms with Crippen molar-refractivity contribution in [3.63, 3.8) is 0 Å². The van der Waals surface area contributed by atoms with Crippen LogP contribution in [0.1, 0.15) is 51.3 Å². The third kappa shape index (κ3) is 3.23. The molecule has 0 heterocycles. The molecule has 0 unspecified atom stereocenters. The maximum Gasteiger partial charge on any atom is 0.123 e. The van der Waals surface area contributed by atoms with E-state index < -0.39 is 8.07 Å². The Hall–Kier alpha value is -2.00. The van der Waals surface area contributed by atoms with Crippen molar-refractivity contribution in [2.24, 2.45) is 0 Å². The van der Waals surface area contributed by atoms with Crippen molar-refractivity contribution in [1.29, 1.82) is 0 Å². The zero-order valence-corrected chi connectivity index (χ0v) is 18.5. The summed E-state index contributed by atoms with van der Waals surface area (Å²) < 4.78 is 5.66. The third-order valence-corrected chi connectivity index (χ3v) is 11.5. The molecule has 0 radical (unpaired) electrons. The first-order chi connectivity index (χ1) is 12.8. The fourth-order valence-electron chi connectivity index (χ4n) is 4.53. The van der Waals surface area contributed by atoms with Gasteiger partial charge in [-0.15, -0.1) is 0 Å². The minimum atomic E-state index is -2.14. The normalized spacial score (nSPS) is 13.7. The maximum absolute atomic E-state index is 11.4. The number of hydrogen-bond donors (Lipinski definition) is 1. The van der Waals surface area contributed by atoms with Crippen molar-refractivity contribution >= 4 is 24.5 Å². The van der Waals surface area contributed by atoms with E-state index in [1.807, 2.05) is 6.07 Å². The first kappa shape index (κ1) is 19.8. The minimum absolute atomic E-state index is 0.145. The number of rotatable bonds is 5. The van der Waals surface area contributed by atoms with E-state index in [4.69, 9.17) is 4.74 Å². The Balaban J connectivity index is 2.34. The molecule has 1 aliphatic carbocycles. The zero-order chi connectivity index (χ0) is 19.8. The van der Waals surface area contributed by atoms with Gasteiger partial charge in [-0.3, -0.25) is 0 Å². The third-order valence-electron chi connectivity index (χ3n) is 6.18. The molecular formula is C24H32O2Si. The van der Waals surface area contributed by atoms with Crippen LogP contribution in [0.25, 0.3) is 6.08 Å². The molecule has 0 spiro atoms. The zero-order valence-electron chi connectivity index (χ0n) is 17.5. The van der Waals surface area contributed by atoms with Gasteiger partial charge in [-0.25, -0.2) is 0 Å². The van der Waals surface area contributed by atoms with Crippen LogP contribution in [0.3, 0.4) is 0 Å². The van der Waals surface area contributed by atoms with Crippen LogP contribution in [-0.4, -0.2) is 20.3 Å². The average molecular weight is 381 g/mol. The Morgan fingerprint density at radius 1 is 1.07 bits per heavy atom. The molecule has 0 fully saturated rings. The van der Waals surface area contributed by atoms with Gasteiger partial charge in [-0.1, -0.05) is 77.1 Å². The number of ether oxygens (including phenoxy) is 1. The lowest BCUT2D eigenvalue weighted by Crippen LogP contribution is -2.58. The van der Waals surface area contributed by atoms with Gasteiger partial charge < -0.3 is 9.84 Å². The second-order valence-electron chi connectivity index (χ2n) is 8.60. The summed E-state index contributed by atoms with van der Waals surface area (Å²) in [7, 11) is -0.421. The number of aromatic hydroxyl groups is 1. The van der Waals surface area contributed by atoms with Crippen LogP contribution in [0.2, 0.25) is 12.1 Å². The highest BCUT2D eigenvalue weighted by Crippen LogP contribution is 2.36. The van der Waals surface area contributed by atoms with Crippen LogP contribution in [0.15, 0.2) is 36.4 Å². The molecule has 0 aliphatic heterocycles. The van der Waals surface area contributed by atoms with Crippen molar-refractivity contribution in [2.75, 3.05) is 7.11 Å². The van der Waals surface area contributed by atoms with Gasteiger partial charge in [0, 0.05) is 5.56 Å². The quantitative estimate of drug-likeness (QED) is 0.750. The SMILES string of the molecule is CC[Si](CC)(c1cc(OC)cc(C(C)(C)C)c1O)c1cccc2c1C=CC2. The highest BCUT2D eigenvalue weighted by atomic mass is 28.3. The Labute approximate surface area is 164 Å². The molecule has 0 atom stereocenters. The largest absolute Gasteiger partial charge is 0.508 e. The van der Waals surface area contributed by atoms with E-state index in [2.05, 4.69) is 71.0 Å². The van der Waals surface area contributed by atoms with Gasteiger partial charge in [0.05, 0.1) is 7.11 Å². The van der Waals surface area contributed by atoms with Crippen LogP contribution in [0, 0.1) is 0 Å². The van der Waals surface area contributed by atoms with Crippen molar-refractivity contribution in [1.82, 2.24) is 0 Å². The van der Waals surface area contributed by atoms with E-state index >= 15 is 0 Å². The number of phenolic OH excluding ortho intramolecular Hbond substituents is 1. The molecule has 3 rings (SSSR count). The number of methoxy groups -OCH3 is 1. The molecule has 2 nitrogen and oxygen atoms in total. The second kappa shape index (κ2) is 7.20.